The third kappa shape index (κ3) is 4.54. The summed E-state index contributed by atoms with van der Waals surface area (Å²) < 4.78 is 5.83. The van der Waals surface area contributed by atoms with Gasteiger partial charge in [-0.3, -0.25) is 4.79 Å². The minimum atomic E-state index is -0.119. The van der Waals surface area contributed by atoms with Crippen molar-refractivity contribution in [2.24, 2.45) is 0 Å². The van der Waals surface area contributed by atoms with E-state index in [1.54, 1.807) is 0 Å². The Hall–Kier alpha value is -1.92. The van der Waals surface area contributed by atoms with Crippen molar-refractivity contribution in [1.82, 2.24) is 9.88 Å². The molecule has 6 heteroatoms. The van der Waals surface area contributed by atoms with Gasteiger partial charge in [-0.05, 0) is 26.2 Å². The molecule has 1 heterocycles. The lowest BCUT2D eigenvalue weighted by Gasteiger charge is -2.13. The minimum Gasteiger partial charge on any atom is -0.492 e. The molecule has 2 rings (SSSR count). The number of likely N-dealkylation sites (N-methyl/N-ethyl adjacent to an activating group) is 1. The highest BCUT2D eigenvalue weighted by Crippen LogP contribution is 2.32. The number of thiazole rings is 1. The van der Waals surface area contributed by atoms with Crippen molar-refractivity contribution < 1.29 is 9.53 Å². The van der Waals surface area contributed by atoms with E-state index in [9.17, 15) is 4.79 Å². The Bertz CT molecular complexity index is 610. The Morgan fingerprint density at radius 1 is 1.38 bits per heavy atom. The van der Waals surface area contributed by atoms with Crippen LogP contribution in [0.4, 0.5) is 5.13 Å². The number of nitrogens with one attached hydrogen (secondary N) is 1. The second-order valence-electron chi connectivity index (χ2n) is 4.87. The van der Waals surface area contributed by atoms with Crippen molar-refractivity contribution in [1.29, 1.82) is 0 Å². The molecule has 1 amide bonds. The highest BCUT2D eigenvalue weighted by molar-refractivity contribution is 7.14. The van der Waals surface area contributed by atoms with Crippen LogP contribution in [-0.4, -0.2) is 43.0 Å². The van der Waals surface area contributed by atoms with Crippen LogP contribution in [0.2, 0.25) is 0 Å². The first-order valence-electron chi connectivity index (χ1n) is 6.66. The minimum absolute atomic E-state index is 0.119. The van der Waals surface area contributed by atoms with Crippen LogP contribution in [0.3, 0.4) is 0 Å². The lowest BCUT2D eigenvalue weighted by atomic mass is 10.1. The molecular formula is C15H19N3O2S. The molecule has 1 aromatic heterocycles. The summed E-state index contributed by atoms with van der Waals surface area (Å²) in [7, 11) is 4.02. The molecule has 21 heavy (non-hydrogen) atoms. The van der Waals surface area contributed by atoms with Crippen molar-refractivity contribution in [3.8, 4) is 17.0 Å². The van der Waals surface area contributed by atoms with Crippen LogP contribution in [0.15, 0.2) is 29.6 Å². The molecular weight excluding hydrogens is 286 g/mol. The smallest absolute Gasteiger partial charge is 0.223 e. The Labute approximate surface area is 128 Å². The van der Waals surface area contributed by atoms with Crippen molar-refractivity contribution in [3.05, 3.63) is 29.6 Å². The zero-order chi connectivity index (χ0) is 15.2. The molecule has 1 aromatic carbocycles. The van der Waals surface area contributed by atoms with Gasteiger partial charge in [-0.15, -0.1) is 11.3 Å². The van der Waals surface area contributed by atoms with E-state index in [2.05, 4.69) is 15.2 Å². The second kappa shape index (κ2) is 7.19. The van der Waals surface area contributed by atoms with Crippen LogP contribution >= 0.6 is 11.3 Å². The molecule has 2 aromatic rings. The fraction of sp³-hybridized carbons (Fsp3) is 0.333. The number of para-hydroxylation sites is 1. The van der Waals surface area contributed by atoms with Gasteiger partial charge in [0, 0.05) is 24.4 Å². The van der Waals surface area contributed by atoms with Gasteiger partial charge in [-0.25, -0.2) is 4.98 Å². The van der Waals surface area contributed by atoms with Crippen LogP contribution in [-0.2, 0) is 4.79 Å². The van der Waals surface area contributed by atoms with Gasteiger partial charge in [-0.1, -0.05) is 12.1 Å². The summed E-state index contributed by atoms with van der Waals surface area (Å²) in [5.74, 6) is 0.686. The molecule has 0 unspecified atom stereocenters. The van der Waals surface area contributed by atoms with Crippen LogP contribution in [0.1, 0.15) is 6.92 Å². The first kappa shape index (κ1) is 15.5. The van der Waals surface area contributed by atoms with E-state index in [0.29, 0.717) is 11.7 Å². The van der Waals surface area contributed by atoms with E-state index in [1.807, 2.05) is 43.7 Å². The summed E-state index contributed by atoms with van der Waals surface area (Å²) in [4.78, 5) is 17.5. The summed E-state index contributed by atoms with van der Waals surface area (Å²) >= 11 is 1.40. The van der Waals surface area contributed by atoms with Gasteiger partial charge in [-0.2, -0.15) is 0 Å². The lowest BCUT2D eigenvalue weighted by Crippen LogP contribution is -2.19. The molecule has 0 radical (unpaired) electrons. The molecule has 112 valence electrons. The number of carbonyl (C=O) groups excluding carboxylic acids is 1. The monoisotopic (exact) mass is 305 g/mol. The number of aromatic nitrogens is 1. The second-order valence-corrected chi connectivity index (χ2v) is 5.73. The van der Waals surface area contributed by atoms with Gasteiger partial charge < -0.3 is 15.0 Å². The highest BCUT2D eigenvalue weighted by Gasteiger charge is 2.10. The zero-order valence-corrected chi connectivity index (χ0v) is 13.2. The molecule has 0 spiro atoms. The molecule has 0 atom stereocenters. The van der Waals surface area contributed by atoms with E-state index < -0.39 is 0 Å². The average Bonchev–Trinajstić information content (AvgIpc) is 2.86. The van der Waals surface area contributed by atoms with Gasteiger partial charge in [0.05, 0.1) is 5.69 Å². The van der Waals surface area contributed by atoms with Crippen molar-refractivity contribution in [2.75, 3.05) is 32.6 Å². The average molecular weight is 305 g/mol. The number of anilines is 1. The Morgan fingerprint density at radius 2 is 2.14 bits per heavy atom. The first-order chi connectivity index (χ1) is 10.1. The number of benzene rings is 1. The summed E-state index contributed by atoms with van der Waals surface area (Å²) in [6, 6.07) is 7.79. The van der Waals surface area contributed by atoms with Crippen molar-refractivity contribution in [2.45, 2.75) is 6.92 Å². The van der Waals surface area contributed by atoms with Gasteiger partial charge in [0.1, 0.15) is 12.4 Å². The van der Waals surface area contributed by atoms with Gasteiger partial charge in [0.15, 0.2) is 5.13 Å². The molecule has 0 aliphatic rings. The summed E-state index contributed by atoms with van der Waals surface area (Å²) in [6.45, 7) is 2.94. The van der Waals surface area contributed by atoms with E-state index >= 15 is 0 Å². The Morgan fingerprint density at radius 3 is 2.86 bits per heavy atom. The van der Waals surface area contributed by atoms with Crippen molar-refractivity contribution >= 4 is 22.4 Å². The van der Waals surface area contributed by atoms with E-state index in [0.717, 1.165) is 23.6 Å². The van der Waals surface area contributed by atoms with Gasteiger partial charge in [0.2, 0.25) is 5.91 Å². The lowest BCUT2D eigenvalue weighted by molar-refractivity contribution is -0.114. The molecule has 0 aliphatic heterocycles. The first-order valence-corrected chi connectivity index (χ1v) is 7.54. The predicted octanol–water partition coefficient (Wildman–Crippen LogP) is 2.71. The number of carbonyl (C=O) groups is 1. The van der Waals surface area contributed by atoms with E-state index in [1.165, 1.54) is 18.3 Å². The molecule has 1 N–H and O–H groups in total. The normalized spacial score (nSPS) is 10.7. The topological polar surface area (TPSA) is 54.5 Å². The number of hydrogen-bond acceptors (Lipinski definition) is 5. The molecule has 0 saturated heterocycles. The maximum Gasteiger partial charge on any atom is 0.223 e. The zero-order valence-electron chi connectivity index (χ0n) is 12.4. The number of nitrogens with zero attached hydrogens (tertiary/aromatic N) is 2. The largest absolute Gasteiger partial charge is 0.492 e. The molecule has 0 bridgehead atoms. The van der Waals surface area contributed by atoms with Crippen LogP contribution in [0.5, 0.6) is 5.75 Å². The quantitative estimate of drug-likeness (QED) is 0.891. The SMILES string of the molecule is CC(=O)Nc1nc(-c2ccccc2OCCN(C)C)cs1. The summed E-state index contributed by atoms with van der Waals surface area (Å²) in [5.41, 5.74) is 1.74. The summed E-state index contributed by atoms with van der Waals surface area (Å²) in [5, 5.41) is 5.21. The molecule has 0 saturated carbocycles. The molecule has 0 fully saturated rings. The maximum absolute atomic E-state index is 11.1. The van der Waals surface area contributed by atoms with Gasteiger partial charge in [0.25, 0.3) is 0 Å². The predicted molar refractivity (Wildman–Crippen MR) is 85.9 cm³/mol. The van der Waals surface area contributed by atoms with Crippen LogP contribution in [0.25, 0.3) is 11.3 Å². The van der Waals surface area contributed by atoms with E-state index in [-0.39, 0.29) is 5.91 Å². The highest BCUT2D eigenvalue weighted by atomic mass is 32.1. The third-order valence-corrected chi connectivity index (χ3v) is 3.50. The standard InChI is InChI=1S/C15H19N3O2S/c1-11(19)16-15-17-13(10-21-15)12-6-4-5-7-14(12)20-9-8-18(2)3/h4-7,10H,8-9H2,1-3H3,(H,16,17,19). The third-order valence-electron chi connectivity index (χ3n) is 2.75. The van der Waals surface area contributed by atoms with Gasteiger partial charge >= 0.3 is 0 Å². The fourth-order valence-electron chi connectivity index (χ4n) is 1.75. The number of ether oxygens (including phenoxy) is 1. The maximum atomic E-state index is 11.1. The number of rotatable bonds is 6. The van der Waals surface area contributed by atoms with Crippen molar-refractivity contribution in [3.63, 3.8) is 0 Å². The summed E-state index contributed by atoms with van der Waals surface area (Å²) in [6.07, 6.45) is 0. The van der Waals surface area contributed by atoms with Crippen LogP contribution < -0.4 is 10.1 Å². The molecule has 5 nitrogen and oxygen atoms in total. The van der Waals surface area contributed by atoms with Crippen LogP contribution in [0, 0.1) is 0 Å². The fourth-order valence-corrected chi connectivity index (χ4v) is 2.50. The number of hydrogen-bond donors (Lipinski definition) is 1. The Balaban J connectivity index is 2.15. The Kier molecular flexibility index (Phi) is 5.30. The molecule has 0 aliphatic carbocycles. The van der Waals surface area contributed by atoms with E-state index in [4.69, 9.17) is 4.74 Å². The number of amides is 1.